The summed E-state index contributed by atoms with van der Waals surface area (Å²) in [5.41, 5.74) is 1.05. The lowest BCUT2D eigenvalue weighted by Crippen LogP contribution is -2.34. The van der Waals surface area contributed by atoms with Gasteiger partial charge in [0.15, 0.2) is 4.32 Å². The highest BCUT2D eigenvalue weighted by molar-refractivity contribution is 8.26. The van der Waals surface area contributed by atoms with Gasteiger partial charge in [0.1, 0.15) is 5.75 Å². The topological polar surface area (TPSA) is 46.6 Å². The number of imide groups is 1. The van der Waals surface area contributed by atoms with Crippen molar-refractivity contribution in [2.75, 3.05) is 7.11 Å². The zero-order valence-corrected chi connectivity index (χ0v) is 15.5. The van der Waals surface area contributed by atoms with Gasteiger partial charge in [-0.3, -0.25) is 9.59 Å². The van der Waals surface area contributed by atoms with E-state index in [4.69, 9.17) is 28.6 Å². The van der Waals surface area contributed by atoms with Crippen LogP contribution in [0.25, 0.3) is 6.08 Å². The molecule has 0 radical (unpaired) electrons. The Morgan fingerprint density at radius 1 is 1.20 bits per heavy atom. The van der Waals surface area contributed by atoms with E-state index in [-0.39, 0.29) is 14.9 Å². The number of amides is 2. The molecule has 1 aliphatic heterocycles. The highest BCUT2D eigenvalue weighted by atomic mass is 35.5. The molecule has 0 spiro atoms. The monoisotopic (exact) mass is 389 g/mol. The third kappa shape index (κ3) is 3.61. The standard InChI is InChI=1S/C18H12ClNO3S2/c1-23-12-8-6-11(7-9-12)10-15-17(22)20(18(24)25-15)16(21)13-4-2-3-5-14(13)19/h2-10H,1H3/b15-10+. The lowest BCUT2D eigenvalue weighted by Gasteiger charge is -2.13. The van der Waals surface area contributed by atoms with Gasteiger partial charge < -0.3 is 4.74 Å². The number of nitrogens with zero attached hydrogens (tertiary/aromatic N) is 1. The molecular formula is C18H12ClNO3S2. The molecule has 7 heteroatoms. The minimum absolute atomic E-state index is 0.190. The molecule has 0 aromatic heterocycles. The summed E-state index contributed by atoms with van der Waals surface area (Å²) in [6.07, 6.45) is 1.69. The van der Waals surface area contributed by atoms with Crippen LogP contribution in [0.15, 0.2) is 53.4 Å². The molecule has 0 N–H and O–H groups in total. The van der Waals surface area contributed by atoms with Gasteiger partial charge in [-0.05, 0) is 35.9 Å². The Labute approximate surface area is 159 Å². The van der Waals surface area contributed by atoms with Gasteiger partial charge in [0.05, 0.1) is 22.6 Å². The molecule has 25 heavy (non-hydrogen) atoms. The van der Waals surface area contributed by atoms with Crippen LogP contribution >= 0.6 is 35.6 Å². The summed E-state index contributed by atoms with van der Waals surface area (Å²) < 4.78 is 5.30. The summed E-state index contributed by atoms with van der Waals surface area (Å²) in [5.74, 6) is -0.249. The Kier molecular flexibility index (Phi) is 5.22. The maximum atomic E-state index is 12.6. The predicted octanol–water partition coefficient (Wildman–Crippen LogP) is 4.39. The Morgan fingerprint density at radius 2 is 1.88 bits per heavy atom. The molecule has 0 unspecified atom stereocenters. The minimum atomic E-state index is -0.522. The van der Waals surface area contributed by atoms with E-state index in [1.54, 1.807) is 49.6 Å². The van der Waals surface area contributed by atoms with Crippen molar-refractivity contribution in [2.45, 2.75) is 0 Å². The van der Waals surface area contributed by atoms with Crippen LogP contribution in [0.4, 0.5) is 0 Å². The van der Waals surface area contributed by atoms with Crippen LogP contribution in [0.1, 0.15) is 15.9 Å². The molecule has 0 atom stereocenters. The van der Waals surface area contributed by atoms with Crippen molar-refractivity contribution < 1.29 is 14.3 Å². The van der Waals surface area contributed by atoms with Gasteiger partial charge in [-0.15, -0.1) is 0 Å². The van der Waals surface area contributed by atoms with Crippen LogP contribution in [-0.4, -0.2) is 28.1 Å². The molecule has 0 aliphatic carbocycles. The Bertz CT molecular complexity index is 893. The summed E-state index contributed by atoms with van der Waals surface area (Å²) in [5, 5.41) is 0.278. The highest BCUT2D eigenvalue weighted by Gasteiger charge is 2.37. The molecule has 1 saturated heterocycles. The first-order chi connectivity index (χ1) is 12.0. The van der Waals surface area contributed by atoms with Gasteiger partial charge in [0.2, 0.25) is 0 Å². The summed E-state index contributed by atoms with van der Waals surface area (Å²) in [6, 6.07) is 13.8. The number of ether oxygens (including phenoxy) is 1. The molecule has 1 fully saturated rings. The molecule has 0 saturated carbocycles. The fraction of sp³-hybridized carbons (Fsp3) is 0.0556. The van der Waals surface area contributed by atoms with Crippen LogP contribution in [0.5, 0.6) is 5.75 Å². The molecule has 2 amide bonds. The van der Waals surface area contributed by atoms with Gasteiger partial charge in [0.25, 0.3) is 11.8 Å². The lowest BCUT2D eigenvalue weighted by molar-refractivity contribution is -0.120. The molecule has 0 bridgehead atoms. The van der Waals surface area contributed by atoms with E-state index in [0.717, 1.165) is 28.0 Å². The largest absolute Gasteiger partial charge is 0.497 e. The smallest absolute Gasteiger partial charge is 0.273 e. The maximum absolute atomic E-state index is 12.6. The van der Waals surface area contributed by atoms with Crippen LogP contribution in [0, 0.1) is 0 Å². The van der Waals surface area contributed by atoms with Crippen molar-refractivity contribution in [1.82, 2.24) is 4.90 Å². The second-order valence-electron chi connectivity index (χ2n) is 5.08. The summed E-state index contributed by atoms with van der Waals surface area (Å²) in [6.45, 7) is 0. The zero-order valence-electron chi connectivity index (χ0n) is 13.1. The summed E-state index contributed by atoms with van der Waals surface area (Å²) >= 11 is 12.4. The van der Waals surface area contributed by atoms with E-state index in [2.05, 4.69) is 0 Å². The number of methoxy groups -OCH3 is 1. The molecule has 3 rings (SSSR count). The molecule has 2 aromatic carbocycles. The average molecular weight is 390 g/mol. The quantitative estimate of drug-likeness (QED) is 0.442. The van der Waals surface area contributed by atoms with Crippen molar-refractivity contribution in [1.29, 1.82) is 0 Å². The van der Waals surface area contributed by atoms with E-state index >= 15 is 0 Å². The van der Waals surface area contributed by atoms with E-state index < -0.39 is 11.8 Å². The van der Waals surface area contributed by atoms with Crippen molar-refractivity contribution >= 4 is 57.8 Å². The van der Waals surface area contributed by atoms with Gasteiger partial charge in [0, 0.05) is 0 Å². The predicted molar refractivity (Wildman–Crippen MR) is 104 cm³/mol. The van der Waals surface area contributed by atoms with Crippen molar-refractivity contribution in [3.63, 3.8) is 0 Å². The van der Waals surface area contributed by atoms with Gasteiger partial charge in [-0.1, -0.05) is 59.8 Å². The number of halogens is 1. The first-order valence-electron chi connectivity index (χ1n) is 7.22. The lowest BCUT2D eigenvalue weighted by atomic mass is 10.2. The van der Waals surface area contributed by atoms with Crippen LogP contribution in [-0.2, 0) is 4.79 Å². The first kappa shape index (κ1) is 17.7. The van der Waals surface area contributed by atoms with Gasteiger partial charge >= 0.3 is 0 Å². The summed E-state index contributed by atoms with van der Waals surface area (Å²) in [4.78, 5) is 26.6. The number of thioether (sulfide) groups is 1. The van der Waals surface area contributed by atoms with Crippen molar-refractivity contribution in [3.8, 4) is 5.75 Å². The van der Waals surface area contributed by atoms with E-state index in [0.29, 0.717) is 4.91 Å². The van der Waals surface area contributed by atoms with Crippen LogP contribution < -0.4 is 4.74 Å². The SMILES string of the molecule is COc1ccc(/C=C2/SC(=S)N(C(=O)c3ccccc3Cl)C2=O)cc1. The molecular weight excluding hydrogens is 378 g/mol. The first-order valence-corrected chi connectivity index (χ1v) is 8.82. The number of rotatable bonds is 3. The molecule has 2 aromatic rings. The molecule has 1 aliphatic rings. The van der Waals surface area contributed by atoms with Crippen molar-refractivity contribution in [3.05, 3.63) is 69.6 Å². The molecule has 126 valence electrons. The third-order valence-corrected chi connectivity index (χ3v) is 5.15. The number of benzene rings is 2. The Balaban J connectivity index is 1.88. The molecule has 1 heterocycles. The third-order valence-electron chi connectivity index (χ3n) is 3.51. The number of hydrogen-bond donors (Lipinski definition) is 0. The number of thiocarbonyl (C=S) groups is 1. The second kappa shape index (κ2) is 7.39. The fourth-order valence-corrected chi connectivity index (χ4v) is 3.72. The number of hydrogen-bond acceptors (Lipinski definition) is 5. The van der Waals surface area contributed by atoms with Crippen molar-refractivity contribution in [2.24, 2.45) is 0 Å². The van der Waals surface area contributed by atoms with Gasteiger partial charge in [-0.25, -0.2) is 4.90 Å². The second-order valence-corrected chi connectivity index (χ2v) is 7.16. The maximum Gasteiger partial charge on any atom is 0.273 e. The summed E-state index contributed by atoms with van der Waals surface area (Å²) in [7, 11) is 1.58. The normalized spacial score (nSPS) is 15.8. The van der Waals surface area contributed by atoms with Crippen LogP contribution in [0.2, 0.25) is 5.02 Å². The molecule has 4 nitrogen and oxygen atoms in total. The Hall–Kier alpha value is -2.15. The van der Waals surface area contributed by atoms with E-state index in [9.17, 15) is 9.59 Å². The highest BCUT2D eigenvalue weighted by Crippen LogP contribution is 2.34. The fourth-order valence-electron chi connectivity index (χ4n) is 2.25. The Morgan fingerprint density at radius 3 is 2.52 bits per heavy atom. The van der Waals surface area contributed by atoms with Gasteiger partial charge in [-0.2, -0.15) is 0 Å². The average Bonchev–Trinajstić information content (AvgIpc) is 2.89. The van der Waals surface area contributed by atoms with E-state index in [1.165, 1.54) is 0 Å². The number of carbonyl (C=O) groups excluding carboxylic acids is 2. The van der Waals surface area contributed by atoms with Crippen LogP contribution in [0.3, 0.4) is 0 Å². The number of carbonyl (C=O) groups is 2. The zero-order chi connectivity index (χ0) is 18.0. The van der Waals surface area contributed by atoms with E-state index in [1.807, 2.05) is 12.1 Å². The minimum Gasteiger partial charge on any atom is -0.497 e.